The van der Waals surface area contributed by atoms with Crippen LogP contribution in [-0.2, 0) is 0 Å². The number of amides is 1. The Morgan fingerprint density at radius 1 is 1.59 bits per heavy atom. The van der Waals surface area contributed by atoms with E-state index >= 15 is 0 Å². The van der Waals surface area contributed by atoms with Gasteiger partial charge < -0.3 is 10.2 Å². The number of nitrogens with one attached hydrogen (secondary N) is 1. The molecule has 0 spiro atoms. The van der Waals surface area contributed by atoms with Crippen LogP contribution in [0.2, 0.25) is 0 Å². The number of aromatic nitrogens is 1. The predicted molar refractivity (Wildman–Crippen MR) is 68.4 cm³/mol. The van der Waals surface area contributed by atoms with Crippen LogP contribution in [0.5, 0.6) is 0 Å². The monoisotopic (exact) mass is 254 g/mol. The molecular formula is C11H18N4OS. The van der Waals surface area contributed by atoms with E-state index in [4.69, 9.17) is 0 Å². The van der Waals surface area contributed by atoms with Crippen molar-refractivity contribution < 1.29 is 4.79 Å². The molecule has 6 heteroatoms. The molecule has 1 amide bonds. The molecule has 0 bridgehead atoms. The molecule has 0 radical (unpaired) electrons. The summed E-state index contributed by atoms with van der Waals surface area (Å²) >= 11 is 1.45. The number of piperazine rings is 1. The van der Waals surface area contributed by atoms with E-state index in [1.807, 2.05) is 7.05 Å². The maximum atomic E-state index is 11.9. The first-order valence-corrected chi connectivity index (χ1v) is 6.78. The molecule has 1 aliphatic rings. The van der Waals surface area contributed by atoms with Gasteiger partial charge in [0.2, 0.25) is 0 Å². The summed E-state index contributed by atoms with van der Waals surface area (Å²) < 4.78 is 0. The summed E-state index contributed by atoms with van der Waals surface area (Å²) in [6.45, 7) is 5.93. The second-order valence-corrected chi connectivity index (χ2v) is 4.91. The normalized spacial score (nSPS) is 17.0. The Labute approximate surface area is 105 Å². The van der Waals surface area contributed by atoms with Crippen LogP contribution < -0.4 is 5.32 Å². The van der Waals surface area contributed by atoms with Crippen molar-refractivity contribution in [2.45, 2.75) is 0 Å². The summed E-state index contributed by atoms with van der Waals surface area (Å²) in [6, 6.07) is 0. The second kappa shape index (κ2) is 6.09. The molecule has 1 aromatic heterocycles. The standard InChI is InChI=1S/C11H18N4OS/c1-14(11(16)10-8-17-9-13-10)6-7-15-4-2-12-3-5-15/h8-9,12H,2-7H2,1H3. The fourth-order valence-electron chi connectivity index (χ4n) is 1.84. The summed E-state index contributed by atoms with van der Waals surface area (Å²) in [7, 11) is 1.84. The Morgan fingerprint density at radius 3 is 3.00 bits per heavy atom. The number of thiazole rings is 1. The second-order valence-electron chi connectivity index (χ2n) is 4.19. The number of likely N-dealkylation sites (N-methyl/N-ethyl adjacent to an activating group) is 1. The number of rotatable bonds is 4. The fraction of sp³-hybridized carbons (Fsp3) is 0.636. The van der Waals surface area contributed by atoms with Crippen molar-refractivity contribution in [1.82, 2.24) is 20.1 Å². The third-order valence-electron chi connectivity index (χ3n) is 2.96. The van der Waals surface area contributed by atoms with Crippen LogP contribution in [0.4, 0.5) is 0 Å². The molecule has 94 valence electrons. The van der Waals surface area contributed by atoms with Crippen LogP contribution >= 0.6 is 11.3 Å². The summed E-state index contributed by atoms with van der Waals surface area (Å²) in [5.74, 6) is 0.0152. The van der Waals surface area contributed by atoms with Gasteiger partial charge in [0.05, 0.1) is 5.51 Å². The Bertz CT molecular complexity index is 348. The zero-order chi connectivity index (χ0) is 12.1. The van der Waals surface area contributed by atoms with Crippen LogP contribution in [0.3, 0.4) is 0 Å². The predicted octanol–water partition coefficient (Wildman–Crippen LogP) is 0.120. The quantitative estimate of drug-likeness (QED) is 0.829. The van der Waals surface area contributed by atoms with Crippen LogP contribution in [0.15, 0.2) is 10.9 Å². The first kappa shape index (κ1) is 12.5. The van der Waals surface area contributed by atoms with E-state index in [9.17, 15) is 4.79 Å². The molecule has 1 fully saturated rings. The average molecular weight is 254 g/mol. The topological polar surface area (TPSA) is 48.5 Å². The molecule has 0 unspecified atom stereocenters. The van der Waals surface area contributed by atoms with Gasteiger partial charge in [-0.1, -0.05) is 0 Å². The van der Waals surface area contributed by atoms with Crippen LogP contribution in [0.25, 0.3) is 0 Å². The summed E-state index contributed by atoms with van der Waals surface area (Å²) in [5.41, 5.74) is 2.25. The molecule has 5 nitrogen and oxygen atoms in total. The van der Waals surface area contributed by atoms with Gasteiger partial charge in [0.15, 0.2) is 0 Å². The Morgan fingerprint density at radius 2 is 2.35 bits per heavy atom. The molecule has 1 aromatic rings. The lowest BCUT2D eigenvalue weighted by Crippen LogP contribution is -2.46. The molecule has 0 saturated carbocycles. The minimum absolute atomic E-state index is 0.0152. The van der Waals surface area contributed by atoms with E-state index in [0.717, 1.165) is 39.3 Å². The van der Waals surface area contributed by atoms with Gasteiger partial charge in [-0.25, -0.2) is 4.98 Å². The van der Waals surface area contributed by atoms with E-state index in [0.29, 0.717) is 5.69 Å². The summed E-state index contributed by atoms with van der Waals surface area (Å²) in [5, 5.41) is 5.11. The summed E-state index contributed by atoms with van der Waals surface area (Å²) in [4.78, 5) is 20.1. The molecular weight excluding hydrogens is 236 g/mol. The number of nitrogens with zero attached hydrogens (tertiary/aromatic N) is 3. The minimum atomic E-state index is 0.0152. The third kappa shape index (κ3) is 3.49. The van der Waals surface area contributed by atoms with Gasteiger partial charge in [-0.3, -0.25) is 9.69 Å². The van der Waals surface area contributed by atoms with Crippen LogP contribution in [0, 0.1) is 0 Å². The molecule has 2 rings (SSSR count). The lowest BCUT2D eigenvalue weighted by molar-refractivity contribution is 0.0770. The zero-order valence-electron chi connectivity index (χ0n) is 10.1. The van der Waals surface area contributed by atoms with Crippen LogP contribution in [0.1, 0.15) is 10.5 Å². The van der Waals surface area contributed by atoms with Crippen molar-refractivity contribution in [3.05, 3.63) is 16.6 Å². The smallest absolute Gasteiger partial charge is 0.273 e. The highest BCUT2D eigenvalue weighted by Gasteiger charge is 2.15. The maximum absolute atomic E-state index is 11.9. The third-order valence-corrected chi connectivity index (χ3v) is 3.55. The van der Waals surface area contributed by atoms with Crippen molar-refractivity contribution in [3.8, 4) is 0 Å². The molecule has 1 aliphatic heterocycles. The summed E-state index contributed by atoms with van der Waals surface area (Å²) in [6.07, 6.45) is 0. The van der Waals surface area contributed by atoms with E-state index in [1.165, 1.54) is 11.3 Å². The Hall–Kier alpha value is -0.980. The van der Waals surface area contributed by atoms with Crippen molar-refractivity contribution >= 4 is 17.2 Å². The van der Waals surface area contributed by atoms with Gasteiger partial charge >= 0.3 is 0 Å². The van der Waals surface area contributed by atoms with Crippen LogP contribution in [-0.4, -0.2) is 67.0 Å². The number of carbonyl (C=O) groups excluding carboxylic acids is 1. The zero-order valence-corrected chi connectivity index (χ0v) is 10.9. The molecule has 1 N–H and O–H groups in total. The lowest BCUT2D eigenvalue weighted by atomic mass is 10.3. The van der Waals surface area contributed by atoms with Crippen molar-refractivity contribution in [3.63, 3.8) is 0 Å². The first-order valence-electron chi connectivity index (χ1n) is 5.84. The number of carbonyl (C=O) groups is 1. The molecule has 0 atom stereocenters. The molecule has 0 aliphatic carbocycles. The highest BCUT2D eigenvalue weighted by atomic mass is 32.1. The number of hydrogen-bond acceptors (Lipinski definition) is 5. The van der Waals surface area contributed by atoms with E-state index in [2.05, 4.69) is 15.2 Å². The Kier molecular flexibility index (Phi) is 4.47. The first-order chi connectivity index (χ1) is 8.27. The maximum Gasteiger partial charge on any atom is 0.273 e. The SMILES string of the molecule is CN(CCN1CCNCC1)C(=O)c1cscn1. The molecule has 2 heterocycles. The van der Waals surface area contributed by atoms with Crippen molar-refractivity contribution in [1.29, 1.82) is 0 Å². The van der Waals surface area contributed by atoms with Crippen molar-refractivity contribution in [2.24, 2.45) is 0 Å². The van der Waals surface area contributed by atoms with E-state index in [-0.39, 0.29) is 5.91 Å². The fourth-order valence-corrected chi connectivity index (χ4v) is 2.37. The number of hydrogen-bond donors (Lipinski definition) is 1. The minimum Gasteiger partial charge on any atom is -0.339 e. The molecule has 17 heavy (non-hydrogen) atoms. The van der Waals surface area contributed by atoms with Gasteiger partial charge in [-0.2, -0.15) is 0 Å². The van der Waals surface area contributed by atoms with Crippen molar-refractivity contribution in [2.75, 3.05) is 46.3 Å². The van der Waals surface area contributed by atoms with E-state index < -0.39 is 0 Å². The van der Waals surface area contributed by atoms with E-state index in [1.54, 1.807) is 15.8 Å². The van der Waals surface area contributed by atoms with Gasteiger partial charge in [0.1, 0.15) is 5.69 Å². The van der Waals surface area contributed by atoms with Gasteiger partial charge in [-0.15, -0.1) is 11.3 Å². The average Bonchev–Trinajstić information content (AvgIpc) is 2.90. The van der Waals surface area contributed by atoms with Gasteiger partial charge in [0.25, 0.3) is 5.91 Å². The molecule has 0 aromatic carbocycles. The highest BCUT2D eigenvalue weighted by molar-refractivity contribution is 7.07. The molecule has 1 saturated heterocycles. The van der Waals surface area contributed by atoms with Gasteiger partial charge in [0, 0.05) is 51.7 Å². The largest absolute Gasteiger partial charge is 0.339 e. The highest BCUT2D eigenvalue weighted by Crippen LogP contribution is 2.04. The Balaban J connectivity index is 1.76. The van der Waals surface area contributed by atoms with Gasteiger partial charge in [-0.05, 0) is 0 Å². The lowest BCUT2D eigenvalue weighted by Gasteiger charge is -2.28.